The van der Waals surface area contributed by atoms with Gasteiger partial charge in [0, 0.05) is 18.2 Å². The standard InChI is InChI=1S/C13H18N4O3S/c1-12(2,10(19)20)13(3,4)14-6-8-5-9(18)17-11(16-8)21-7-15-17/h5,7,14H,6H2,1-4H3,(H,19,20). The van der Waals surface area contributed by atoms with E-state index in [1.807, 2.05) is 13.8 Å². The molecular formula is C13H18N4O3S. The van der Waals surface area contributed by atoms with Crippen molar-refractivity contribution >= 4 is 22.3 Å². The Morgan fingerprint density at radius 3 is 2.71 bits per heavy atom. The molecule has 21 heavy (non-hydrogen) atoms. The van der Waals surface area contributed by atoms with E-state index in [1.54, 1.807) is 19.4 Å². The first kappa shape index (κ1) is 15.6. The third kappa shape index (κ3) is 2.81. The van der Waals surface area contributed by atoms with Crippen LogP contribution in [0.4, 0.5) is 0 Å². The Balaban J connectivity index is 2.21. The van der Waals surface area contributed by atoms with Crippen molar-refractivity contribution in [3.63, 3.8) is 0 Å². The van der Waals surface area contributed by atoms with Crippen LogP contribution >= 0.6 is 11.3 Å². The Kier molecular flexibility index (Phi) is 3.85. The lowest BCUT2D eigenvalue weighted by Crippen LogP contribution is -2.54. The monoisotopic (exact) mass is 310 g/mol. The first-order valence-electron chi connectivity index (χ1n) is 6.46. The minimum atomic E-state index is -0.962. The molecule has 2 heterocycles. The first-order valence-corrected chi connectivity index (χ1v) is 7.34. The molecule has 2 rings (SSSR count). The Morgan fingerprint density at radius 2 is 2.10 bits per heavy atom. The zero-order valence-corrected chi connectivity index (χ0v) is 13.2. The highest BCUT2D eigenvalue weighted by Crippen LogP contribution is 2.30. The maximum atomic E-state index is 11.8. The number of carboxylic acid groups (broad SMARTS) is 1. The summed E-state index contributed by atoms with van der Waals surface area (Å²) in [5.41, 5.74) is 0.251. The van der Waals surface area contributed by atoms with Gasteiger partial charge in [-0.2, -0.15) is 9.61 Å². The molecular weight excluding hydrogens is 292 g/mol. The van der Waals surface area contributed by atoms with Crippen molar-refractivity contribution in [1.82, 2.24) is 19.9 Å². The van der Waals surface area contributed by atoms with Crippen LogP contribution in [0, 0.1) is 5.41 Å². The molecule has 0 aliphatic rings. The normalized spacial score (nSPS) is 12.8. The van der Waals surface area contributed by atoms with Crippen molar-refractivity contribution in [2.75, 3.05) is 0 Å². The molecule has 0 fully saturated rings. The molecule has 0 bridgehead atoms. The van der Waals surface area contributed by atoms with E-state index < -0.39 is 16.9 Å². The van der Waals surface area contributed by atoms with E-state index in [9.17, 15) is 14.7 Å². The van der Waals surface area contributed by atoms with Crippen molar-refractivity contribution in [2.24, 2.45) is 5.41 Å². The van der Waals surface area contributed by atoms with Gasteiger partial charge in [0.05, 0.1) is 11.1 Å². The molecule has 0 unspecified atom stereocenters. The summed E-state index contributed by atoms with van der Waals surface area (Å²) in [6.45, 7) is 7.28. The van der Waals surface area contributed by atoms with E-state index >= 15 is 0 Å². The molecule has 8 heteroatoms. The Bertz CT molecular complexity index is 732. The molecule has 2 aromatic rings. The van der Waals surface area contributed by atoms with Gasteiger partial charge in [-0.05, 0) is 27.7 Å². The molecule has 0 saturated carbocycles. The van der Waals surface area contributed by atoms with Crippen LogP contribution in [-0.4, -0.2) is 31.2 Å². The number of aromatic nitrogens is 3. The van der Waals surface area contributed by atoms with Crippen molar-refractivity contribution in [2.45, 2.75) is 39.8 Å². The predicted octanol–water partition coefficient (Wildman–Crippen LogP) is 1.13. The number of carbonyl (C=O) groups is 1. The third-order valence-electron chi connectivity index (χ3n) is 4.05. The molecule has 0 amide bonds. The van der Waals surface area contributed by atoms with E-state index in [0.29, 0.717) is 17.2 Å². The number of aliphatic carboxylic acids is 1. The molecule has 0 aliphatic carbocycles. The maximum absolute atomic E-state index is 11.8. The highest BCUT2D eigenvalue weighted by molar-refractivity contribution is 7.14. The molecule has 0 atom stereocenters. The minimum Gasteiger partial charge on any atom is -0.481 e. The van der Waals surface area contributed by atoms with Crippen molar-refractivity contribution in [3.05, 3.63) is 27.6 Å². The van der Waals surface area contributed by atoms with Gasteiger partial charge in [0.2, 0.25) is 4.96 Å². The van der Waals surface area contributed by atoms with Crippen LogP contribution in [0.3, 0.4) is 0 Å². The second kappa shape index (κ2) is 5.19. The fourth-order valence-corrected chi connectivity index (χ4v) is 2.33. The number of nitrogens with one attached hydrogen (secondary N) is 1. The van der Waals surface area contributed by atoms with Gasteiger partial charge in [0.25, 0.3) is 5.56 Å². The summed E-state index contributed by atoms with van der Waals surface area (Å²) >= 11 is 1.28. The van der Waals surface area contributed by atoms with Crippen LogP contribution in [0.2, 0.25) is 0 Å². The number of rotatable bonds is 5. The summed E-state index contributed by atoms with van der Waals surface area (Å²) in [4.78, 5) is 28.1. The zero-order valence-electron chi connectivity index (χ0n) is 12.4. The molecule has 114 valence electrons. The predicted molar refractivity (Wildman–Crippen MR) is 79.5 cm³/mol. The second-order valence-corrected chi connectivity index (χ2v) is 6.74. The van der Waals surface area contributed by atoms with E-state index in [-0.39, 0.29) is 5.56 Å². The molecule has 0 aromatic carbocycles. The van der Waals surface area contributed by atoms with Crippen LogP contribution in [-0.2, 0) is 11.3 Å². The summed E-state index contributed by atoms with van der Waals surface area (Å²) in [6.07, 6.45) is 0. The molecule has 2 aromatic heterocycles. The fourth-order valence-electron chi connectivity index (χ4n) is 1.69. The number of nitrogens with zero attached hydrogens (tertiary/aromatic N) is 3. The van der Waals surface area contributed by atoms with Crippen LogP contribution < -0.4 is 10.9 Å². The van der Waals surface area contributed by atoms with Gasteiger partial charge in [-0.1, -0.05) is 11.3 Å². The molecule has 0 spiro atoms. The highest BCUT2D eigenvalue weighted by Gasteiger charge is 2.43. The second-order valence-electron chi connectivity index (χ2n) is 5.93. The lowest BCUT2D eigenvalue weighted by molar-refractivity contribution is -0.151. The van der Waals surface area contributed by atoms with Crippen molar-refractivity contribution in [1.29, 1.82) is 0 Å². The van der Waals surface area contributed by atoms with Gasteiger partial charge in [-0.3, -0.25) is 9.59 Å². The SMILES string of the molecule is CC(C)(NCc1cc(=O)n2ncsc2n1)C(C)(C)C(=O)O. The van der Waals surface area contributed by atoms with Crippen LogP contribution in [0.15, 0.2) is 16.4 Å². The van der Waals surface area contributed by atoms with Gasteiger partial charge < -0.3 is 10.4 Å². The van der Waals surface area contributed by atoms with Gasteiger partial charge in [0.15, 0.2) is 0 Å². The number of carboxylic acids is 1. The Morgan fingerprint density at radius 1 is 1.43 bits per heavy atom. The van der Waals surface area contributed by atoms with Gasteiger partial charge in [-0.25, -0.2) is 4.98 Å². The van der Waals surface area contributed by atoms with Crippen LogP contribution in [0.1, 0.15) is 33.4 Å². The molecule has 2 N–H and O–H groups in total. The zero-order chi connectivity index (χ0) is 15.8. The summed E-state index contributed by atoms with van der Waals surface area (Å²) in [5, 5.41) is 16.4. The average molecular weight is 310 g/mol. The van der Waals surface area contributed by atoms with Gasteiger partial charge in [0.1, 0.15) is 5.51 Å². The van der Waals surface area contributed by atoms with E-state index in [0.717, 1.165) is 0 Å². The largest absolute Gasteiger partial charge is 0.481 e. The van der Waals surface area contributed by atoms with Crippen LogP contribution in [0.25, 0.3) is 4.96 Å². The summed E-state index contributed by atoms with van der Waals surface area (Å²) in [5.74, 6) is -0.883. The van der Waals surface area contributed by atoms with Gasteiger partial charge >= 0.3 is 5.97 Å². The highest BCUT2D eigenvalue weighted by atomic mass is 32.1. The maximum Gasteiger partial charge on any atom is 0.310 e. The number of fused-ring (bicyclic) bond motifs is 1. The lowest BCUT2D eigenvalue weighted by Gasteiger charge is -2.39. The van der Waals surface area contributed by atoms with E-state index in [2.05, 4.69) is 15.4 Å². The fraction of sp³-hybridized carbons (Fsp3) is 0.538. The topological polar surface area (TPSA) is 96.6 Å². The Hall–Kier alpha value is -1.80. The smallest absolute Gasteiger partial charge is 0.310 e. The summed E-state index contributed by atoms with van der Waals surface area (Å²) in [6, 6.07) is 1.41. The van der Waals surface area contributed by atoms with Gasteiger partial charge in [-0.15, -0.1) is 0 Å². The quantitative estimate of drug-likeness (QED) is 0.859. The first-order chi connectivity index (χ1) is 9.65. The third-order valence-corrected chi connectivity index (χ3v) is 4.72. The molecule has 7 nitrogen and oxygen atoms in total. The Labute approximate surface area is 125 Å². The number of hydrogen-bond acceptors (Lipinski definition) is 6. The lowest BCUT2D eigenvalue weighted by atomic mass is 9.74. The van der Waals surface area contributed by atoms with E-state index in [4.69, 9.17) is 0 Å². The van der Waals surface area contributed by atoms with Crippen molar-refractivity contribution < 1.29 is 9.90 Å². The molecule has 0 radical (unpaired) electrons. The minimum absolute atomic E-state index is 0.242. The average Bonchev–Trinajstić information content (AvgIpc) is 2.85. The van der Waals surface area contributed by atoms with E-state index in [1.165, 1.54) is 21.9 Å². The molecule has 0 saturated heterocycles. The summed E-state index contributed by atoms with van der Waals surface area (Å²) in [7, 11) is 0. The summed E-state index contributed by atoms with van der Waals surface area (Å²) < 4.78 is 1.24. The van der Waals surface area contributed by atoms with Crippen LogP contribution in [0.5, 0.6) is 0 Å². The van der Waals surface area contributed by atoms with Crippen molar-refractivity contribution in [3.8, 4) is 0 Å². The molecule has 0 aliphatic heterocycles. The number of hydrogen-bond donors (Lipinski definition) is 2.